The molecule has 1 amide bonds. The molecule has 1 heterocycles. The molecular formula is C17H24N4O3. The molecule has 1 aromatic heterocycles. The Hall–Kier alpha value is -2.54. The molecule has 0 radical (unpaired) electrons. The first kappa shape index (κ1) is 17.8. The lowest BCUT2D eigenvalue weighted by Gasteiger charge is -2.08. The Morgan fingerprint density at radius 1 is 1.17 bits per heavy atom. The SMILES string of the molecule is COc1ccc(CNC(=O)CNCc2c(C)nn(C)c2OC)cc1. The molecule has 0 atom stereocenters. The molecule has 0 bridgehead atoms. The van der Waals surface area contributed by atoms with Gasteiger partial charge in [-0.25, -0.2) is 4.68 Å². The number of carbonyl (C=O) groups excluding carboxylic acids is 1. The van der Waals surface area contributed by atoms with Gasteiger partial charge < -0.3 is 20.1 Å². The average Bonchev–Trinajstić information content (AvgIpc) is 2.86. The molecule has 0 spiro atoms. The van der Waals surface area contributed by atoms with Crippen molar-refractivity contribution < 1.29 is 14.3 Å². The number of rotatable bonds is 8. The largest absolute Gasteiger partial charge is 0.497 e. The highest BCUT2D eigenvalue weighted by molar-refractivity contribution is 5.77. The van der Waals surface area contributed by atoms with Crippen LogP contribution in [0, 0.1) is 6.92 Å². The van der Waals surface area contributed by atoms with Crippen LogP contribution in [0.25, 0.3) is 0 Å². The fraction of sp³-hybridized carbons (Fsp3) is 0.412. The molecule has 0 saturated heterocycles. The van der Waals surface area contributed by atoms with Crippen molar-refractivity contribution in [2.45, 2.75) is 20.0 Å². The Labute approximate surface area is 142 Å². The van der Waals surface area contributed by atoms with Crippen LogP contribution in [-0.4, -0.2) is 36.5 Å². The number of nitrogens with zero attached hydrogens (tertiary/aromatic N) is 2. The number of ether oxygens (including phenoxy) is 2. The van der Waals surface area contributed by atoms with E-state index in [0.29, 0.717) is 19.0 Å². The first-order valence-electron chi connectivity index (χ1n) is 7.72. The summed E-state index contributed by atoms with van der Waals surface area (Å²) >= 11 is 0. The van der Waals surface area contributed by atoms with Crippen molar-refractivity contribution in [2.24, 2.45) is 7.05 Å². The monoisotopic (exact) mass is 332 g/mol. The molecule has 7 nitrogen and oxygen atoms in total. The topological polar surface area (TPSA) is 77.4 Å². The predicted octanol–water partition coefficient (Wildman–Crippen LogP) is 1.15. The summed E-state index contributed by atoms with van der Waals surface area (Å²) in [5.74, 6) is 1.44. The van der Waals surface area contributed by atoms with E-state index in [0.717, 1.165) is 22.6 Å². The van der Waals surface area contributed by atoms with Crippen molar-refractivity contribution in [1.29, 1.82) is 0 Å². The van der Waals surface area contributed by atoms with E-state index in [4.69, 9.17) is 9.47 Å². The average molecular weight is 332 g/mol. The zero-order chi connectivity index (χ0) is 17.5. The van der Waals surface area contributed by atoms with Crippen LogP contribution in [0.3, 0.4) is 0 Å². The maximum atomic E-state index is 11.9. The van der Waals surface area contributed by atoms with Gasteiger partial charge >= 0.3 is 0 Å². The van der Waals surface area contributed by atoms with Gasteiger partial charge in [0.15, 0.2) is 0 Å². The van der Waals surface area contributed by atoms with E-state index < -0.39 is 0 Å². The maximum Gasteiger partial charge on any atom is 0.234 e. The van der Waals surface area contributed by atoms with Crippen molar-refractivity contribution in [3.05, 3.63) is 41.1 Å². The van der Waals surface area contributed by atoms with E-state index in [9.17, 15) is 4.79 Å². The lowest BCUT2D eigenvalue weighted by atomic mass is 10.2. The molecule has 2 rings (SSSR count). The second-order valence-electron chi connectivity index (χ2n) is 5.43. The molecule has 0 aliphatic rings. The number of methoxy groups -OCH3 is 2. The van der Waals surface area contributed by atoms with E-state index in [1.54, 1.807) is 18.9 Å². The van der Waals surface area contributed by atoms with E-state index in [-0.39, 0.29) is 12.5 Å². The van der Waals surface area contributed by atoms with E-state index >= 15 is 0 Å². The molecule has 0 aliphatic heterocycles. The Bertz CT molecular complexity index is 680. The van der Waals surface area contributed by atoms with Gasteiger partial charge in [0.05, 0.1) is 32.0 Å². The van der Waals surface area contributed by atoms with Gasteiger partial charge in [-0.05, 0) is 24.6 Å². The lowest BCUT2D eigenvalue weighted by molar-refractivity contribution is -0.120. The van der Waals surface area contributed by atoms with Crippen molar-refractivity contribution in [1.82, 2.24) is 20.4 Å². The van der Waals surface area contributed by atoms with Crippen LogP contribution in [0.5, 0.6) is 11.6 Å². The summed E-state index contributed by atoms with van der Waals surface area (Å²) in [6.45, 7) is 3.16. The predicted molar refractivity (Wildman–Crippen MR) is 91.0 cm³/mol. The van der Waals surface area contributed by atoms with Crippen LogP contribution in [0.4, 0.5) is 0 Å². The lowest BCUT2D eigenvalue weighted by Crippen LogP contribution is -2.33. The number of amides is 1. The molecular weight excluding hydrogens is 308 g/mol. The van der Waals surface area contributed by atoms with Gasteiger partial charge in [0.1, 0.15) is 5.75 Å². The zero-order valence-electron chi connectivity index (χ0n) is 14.5. The Kier molecular flexibility index (Phi) is 6.20. The zero-order valence-corrected chi connectivity index (χ0v) is 14.5. The number of carbonyl (C=O) groups is 1. The molecule has 24 heavy (non-hydrogen) atoms. The molecule has 2 aromatic rings. The Balaban J connectivity index is 1.77. The van der Waals surface area contributed by atoms with Crippen LogP contribution in [0.2, 0.25) is 0 Å². The number of aromatic nitrogens is 2. The highest BCUT2D eigenvalue weighted by atomic mass is 16.5. The van der Waals surface area contributed by atoms with Crippen LogP contribution >= 0.6 is 0 Å². The van der Waals surface area contributed by atoms with Crippen molar-refractivity contribution >= 4 is 5.91 Å². The molecule has 0 unspecified atom stereocenters. The van der Waals surface area contributed by atoms with Crippen LogP contribution < -0.4 is 20.1 Å². The minimum absolute atomic E-state index is 0.0636. The molecule has 7 heteroatoms. The van der Waals surface area contributed by atoms with Crippen LogP contribution in [-0.2, 0) is 24.9 Å². The van der Waals surface area contributed by atoms with Gasteiger partial charge in [-0.15, -0.1) is 0 Å². The van der Waals surface area contributed by atoms with Crippen molar-refractivity contribution in [2.75, 3.05) is 20.8 Å². The van der Waals surface area contributed by atoms with E-state index in [2.05, 4.69) is 15.7 Å². The maximum absolute atomic E-state index is 11.9. The molecule has 1 aromatic carbocycles. The van der Waals surface area contributed by atoms with Crippen LogP contribution in [0.1, 0.15) is 16.8 Å². The summed E-state index contributed by atoms with van der Waals surface area (Å²) in [6, 6.07) is 7.60. The Morgan fingerprint density at radius 2 is 1.88 bits per heavy atom. The van der Waals surface area contributed by atoms with Crippen molar-refractivity contribution in [3.63, 3.8) is 0 Å². The third-order valence-electron chi connectivity index (χ3n) is 3.72. The number of nitrogens with one attached hydrogen (secondary N) is 2. The van der Waals surface area contributed by atoms with E-state index in [1.807, 2.05) is 38.2 Å². The third kappa shape index (κ3) is 4.48. The van der Waals surface area contributed by atoms with Gasteiger partial charge in [-0.2, -0.15) is 5.10 Å². The number of hydrogen-bond acceptors (Lipinski definition) is 5. The first-order chi connectivity index (χ1) is 11.5. The first-order valence-corrected chi connectivity index (χ1v) is 7.72. The van der Waals surface area contributed by atoms with E-state index in [1.165, 1.54) is 0 Å². The fourth-order valence-electron chi connectivity index (χ4n) is 2.45. The van der Waals surface area contributed by atoms with Gasteiger partial charge in [0, 0.05) is 20.1 Å². The highest BCUT2D eigenvalue weighted by Gasteiger charge is 2.13. The molecule has 0 aliphatic carbocycles. The quantitative estimate of drug-likeness (QED) is 0.758. The molecule has 2 N–H and O–H groups in total. The second kappa shape index (κ2) is 8.35. The fourth-order valence-corrected chi connectivity index (χ4v) is 2.45. The Morgan fingerprint density at radius 3 is 2.50 bits per heavy atom. The summed E-state index contributed by atoms with van der Waals surface area (Å²) in [6.07, 6.45) is 0. The summed E-state index contributed by atoms with van der Waals surface area (Å²) < 4.78 is 12.1. The second-order valence-corrected chi connectivity index (χ2v) is 5.43. The minimum atomic E-state index is -0.0636. The molecule has 0 saturated carbocycles. The normalized spacial score (nSPS) is 10.5. The van der Waals surface area contributed by atoms with Gasteiger partial charge in [-0.3, -0.25) is 4.79 Å². The van der Waals surface area contributed by atoms with Gasteiger partial charge in [0.2, 0.25) is 11.8 Å². The standard InChI is InChI=1S/C17H24N4O3/c1-12-15(17(24-4)21(2)20-12)10-18-11-16(22)19-9-13-5-7-14(23-3)8-6-13/h5-8,18H,9-11H2,1-4H3,(H,19,22). The number of hydrogen-bond donors (Lipinski definition) is 2. The minimum Gasteiger partial charge on any atom is -0.497 e. The molecule has 130 valence electrons. The smallest absolute Gasteiger partial charge is 0.234 e. The summed E-state index contributed by atoms with van der Waals surface area (Å²) in [5.41, 5.74) is 2.87. The number of aryl methyl sites for hydroxylation is 2. The summed E-state index contributed by atoms with van der Waals surface area (Å²) in [4.78, 5) is 11.9. The number of benzene rings is 1. The molecule has 0 fully saturated rings. The summed E-state index contributed by atoms with van der Waals surface area (Å²) in [7, 11) is 5.07. The van der Waals surface area contributed by atoms with Crippen molar-refractivity contribution in [3.8, 4) is 11.6 Å². The highest BCUT2D eigenvalue weighted by Crippen LogP contribution is 2.20. The van der Waals surface area contributed by atoms with Gasteiger partial charge in [0.25, 0.3) is 0 Å². The van der Waals surface area contributed by atoms with Gasteiger partial charge in [-0.1, -0.05) is 12.1 Å². The third-order valence-corrected chi connectivity index (χ3v) is 3.72. The summed E-state index contributed by atoms with van der Waals surface area (Å²) in [5, 5.41) is 10.3. The van der Waals surface area contributed by atoms with Crippen LogP contribution in [0.15, 0.2) is 24.3 Å².